The molecule has 8 nitrogen and oxygen atoms in total. The summed E-state index contributed by atoms with van der Waals surface area (Å²) >= 11 is 6.26. The predicted octanol–water partition coefficient (Wildman–Crippen LogP) is 1.65. The molecule has 3 heterocycles. The van der Waals surface area contributed by atoms with Gasteiger partial charge < -0.3 is 15.3 Å². The molecular formula is C20H24ClN5O3. The third-order valence-corrected chi connectivity index (χ3v) is 6.98. The van der Waals surface area contributed by atoms with Crippen molar-refractivity contribution in [3.05, 3.63) is 29.2 Å². The number of hydrogen-bond donors (Lipinski definition) is 2. The predicted molar refractivity (Wildman–Crippen MR) is 105 cm³/mol. The van der Waals surface area contributed by atoms with Crippen LogP contribution in [0.5, 0.6) is 0 Å². The zero-order chi connectivity index (χ0) is 20.2. The van der Waals surface area contributed by atoms with Crippen LogP contribution in [0.4, 0.5) is 0 Å². The molecule has 2 aliphatic carbocycles. The molecule has 2 unspecified atom stereocenters. The first-order valence-corrected chi connectivity index (χ1v) is 10.6. The number of nitrogens with one attached hydrogen (secondary N) is 1. The second-order valence-electron chi connectivity index (χ2n) is 8.87. The van der Waals surface area contributed by atoms with E-state index in [2.05, 4.69) is 15.5 Å². The van der Waals surface area contributed by atoms with Gasteiger partial charge in [0.05, 0.1) is 16.7 Å². The summed E-state index contributed by atoms with van der Waals surface area (Å²) in [6.45, 7) is 1.16. The first-order valence-electron chi connectivity index (χ1n) is 10.2. The summed E-state index contributed by atoms with van der Waals surface area (Å²) in [5, 5.41) is 20.8. The summed E-state index contributed by atoms with van der Waals surface area (Å²) in [4.78, 5) is 28.0. The number of hydrogen-bond acceptors (Lipinski definition) is 5. The number of likely N-dealkylation sites (tertiary alicyclic amines) is 1. The summed E-state index contributed by atoms with van der Waals surface area (Å²) in [5.41, 5.74) is 1.01. The van der Waals surface area contributed by atoms with Gasteiger partial charge in [-0.1, -0.05) is 11.6 Å². The van der Waals surface area contributed by atoms with Crippen LogP contribution in [0.15, 0.2) is 18.6 Å². The van der Waals surface area contributed by atoms with E-state index in [9.17, 15) is 14.7 Å². The van der Waals surface area contributed by atoms with E-state index in [-0.39, 0.29) is 23.3 Å². The lowest BCUT2D eigenvalue weighted by Crippen LogP contribution is -2.47. The van der Waals surface area contributed by atoms with Crippen molar-refractivity contribution in [2.24, 2.45) is 11.3 Å². The fourth-order valence-electron chi connectivity index (χ4n) is 4.82. The topological polar surface area (TPSA) is 99.8 Å². The van der Waals surface area contributed by atoms with E-state index >= 15 is 0 Å². The van der Waals surface area contributed by atoms with Crippen molar-refractivity contribution in [1.29, 1.82) is 0 Å². The van der Waals surface area contributed by atoms with Gasteiger partial charge in [0.15, 0.2) is 5.65 Å². The molecule has 2 amide bonds. The van der Waals surface area contributed by atoms with Crippen LogP contribution in [0, 0.1) is 11.3 Å². The number of rotatable bonds is 4. The number of carbonyl (C=O) groups excluding carboxylic acids is 2. The van der Waals surface area contributed by atoms with Crippen LogP contribution >= 0.6 is 11.6 Å². The average Bonchev–Trinajstić information content (AvgIpc) is 3.06. The Hall–Kier alpha value is -2.19. The smallest absolute Gasteiger partial charge is 0.256 e. The van der Waals surface area contributed by atoms with Gasteiger partial charge in [-0.2, -0.15) is 0 Å². The van der Waals surface area contributed by atoms with Crippen LogP contribution in [0.3, 0.4) is 0 Å². The van der Waals surface area contributed by atoms with Crippen LogP contribution in [0.25, 0.3) is 5.65 Å². The van der Waals surface area contributed by atoms with Gasteiger partial charge >= 0.3 is 0 Å². The number of aromatic nitrogens is 3. The van der Waals surface area contributed by atoms with E-state index in [1.807, 2.05) is 0 Å². The molecule has 3 aliphatic rings. The zero-order valence-electron chi connectivity index (χ0n) is 16.1. The van der Waals surface area contributed by atoms with Gasteiger partial charge in [0.25, 0.3) is 5.91 Å². The molecule has 0 bridgehead atoms. The standard InChI is InChI=1S/C20H24ClN5O3/c21-15-6-13(9-25-11-23-24-17(15)25)19(29)26-10-20(3-4-20)7-16(26)18(28)22-8-12-1-2-14(27)5-12/h6,9,11-12,14,16,27H,1-5,7-8,10H2,(H,22,28)/t12?,14?,16-/m1/s1. The molecule has 3 fully saturated rings. The Labute approximate surface area is 173 Å². The van der Waals surface area contributed by atoms with Crippen molar-refractivity contribution in [2.75, 3.05) is 13.1 Å². The molecule has 2 saturated carbocycles. The molecular weight excluding hydrogens is 394 g/mol. The highest BCUT2D eigenvalue weighted by molar-refractivity contribution is 6.33. The van der Waals surface area contributed by atoms with Crippen molar-refractivity contribution >= 4 is 29.1 Å². The van der Waals surface area contributed by atoms with Crippen LogP contribution in [0.1, 0.15) is 48.9 Å². The molecule has 1 spiro atoms. The summed E-state index contributed by atoms with van der Waals surface area (Å²) in [6, 6.07) is 1.13. The monoisotopic (exact) mass is 417 g/mol. The van der Waals surface area contributed by atoms with E-state index < -0.39 is 6.04 Å². The number of aliphatic hydroxyl groups excluding tert-OH is 1. The summed E-state index contributed by atoms with van der Waals surface area (Å²) < 4.78 is 1.62. The molecule has 2 aromatic heterocycles. The van der Waals surface area contributed by atoms with E-state index in [1.54, 1.807) is 21.6 Å². The summed E-state index contributed by atoms with van der Waals surface area (Å²) in [6.07, 6.45) is 8.19. The molecule has 0 radical (unpaired) electrons. The molecule has 0 aromatic carbocycles. The van der Waals surface area contributed by atoms with Gasteiger partial charge in [0.2, 0.25) is 5.91 Å². The molecule has 2 aromatic rings. The Kier molecular flexibility index (Phi) is 4.51. The van der Waals surface area contributed by atoms with Crippen LogP contribution < -0.4 is 5.32 Å². The maximum absolute atomic E-state index is 13.3. The molecule has 29 heavy (non-hydrogen) atoms. The number of aliphatic hydroxyl groups is 1. The summed E-state index contributed by atoms with van der Waals surface area (Å²) in [7, 11) is 0. The SMILES string of the molecule is O=C(NCC1CCC(O)C1)[C@H]1CC2(CC2)CN1C(=O)c1cc(Cl)c2nncn2c1. The molecule has 2 N–H and O–H groups in total. The number of fused-ring (bicyclic) bond motifs is 1. The Morgan fingerprint density at radius 1 is 1.34 bits per heavy atom. The summed E-state index contributed by atoms with van der Waals surface area (Å²) in [5.74, 6) is 0.0204. The Bertz CT molecular complexity index is 972. The fraction of sp³-hybridized carbons (Fsp3) is 0.600. The third kappa shape index (κ3) is 3.48. The Morgan fingerprint density at radius 2 is 2.17 bits per heavy atom. The molecule has 154 valence electrons. The van der Waals surface area contributed by atoms with Gasteiger partial charge in [0.1, 0.15) is 12.4 Å². The number of carbonyl (C=O) groups is 2. The first kappa shape index (κ1) is 18.8. The van der Waals surface area contributed by atoms with Crippen molar-refractivity contribution < 1.29 is 14.7 Å². The maximum atomic E-state index is 13.3. The van der Waals surface area contributed by atoms with Crippen LogP contribution in [0.2, 0.25) is 5.02 Å². The zero-order valence-corrected chi connectivity index (χ0v) is 16.8. The number of halogens is 1. The van der Waals surface area contributed by atoms with E-state index in [1.165, 1.54) is 6.33 Å². The maximum Gasteiger partial charge on any atom is 0.256 e. The molecule has 9 heteroatoms. The van der Waals surface area contributed by atoms with Crippen molar-refractivity contribution in [3.8, 4) is 0 Å². The average molecular weight is 418 g/mol. The lowest BCUT2D eigenvalue weighted by molar-refractivity contribution is -0.125. The molecule has 1 aliphatic heterocycles. The quantitative estimate of drug-likeness (QED) is 0.788. The highest BCUT2D eigenvalue weighted by Gasteiger charge is 2.55. The van der Waals surface area contributed by atoms with Gasteiger partial charge in [-0.05, 0) is 55.9 Å². The molecule has 1 saturated heterocycles. The minimum absolute atomic E-state index is 0.0890. The molecule has 3 atom stereocenters. The minimum atomic E-state index is -0.466. The van der Waals surface area contributed by atoms with Gasteiger partial charge in [-0.3, -0.25) is 14.0 Å². The minimum Gasteiger partial charge on any atom is -0.393 e. The van der Waals surface area contributed by atoms with Crippen molar-refractivity contribution in [3.63, 3.8) is 0 Å². The third-order valence-electron chi connectivity index (χ3n) is 6.70. The van der Waals surface area contributed by atoms with E-state index in [0.29, 0.717) is 41.7 Å². The number of nitrogens with zero attached hydrogens (tertiary/aromatic N) is 4. The van der Waals surface area contributed by atoms with Crippen LogP contribution in [-0.4, -0.2) is 61.7 Å². The first-order chi connectivity index (χ1) is 13.9. The van der Waals surface area contributed by atoms with E-state index in [4.69, 9.17) is 11.6 Å². The molecule has 5 rings (SSSR count). The van der Waals surface area contributed by atoms with Gasteiger partial charge in [-0.15, -0.1) is 10.2 Å². The number of pyridine rings is 1. The number of amides is 2. The second kappa shape index (κ2) is 6.95. The fourth-order valence-corrected chi connectivity index (χ4v) is 5.07. The Balaban J connectivity index is 1.34. The van der Waals surface area contributed by atoms with E-state index in [0.717, 1.165) is 32.1 Å². The Morgan fingerprint density at radius 3 is 2.90 bits per heavy atom. The van der Waals surface area contributed by atoms with Gasteiger partial charge in [-0.25, -0.2) is 0 Å². The highest BCUT2D eigenvalue weighted by atomic mass is 35.5. The van der Waals surface area contributed by atoms with Crippen molar-refractivity contribution in [2.45, 2.75) is 50.7 Å². The largest absolute Gasteiger partial charge is 0.393 e. The second-order valence-corrected chi connectivity index (χ2v) is 9.28. The highest BCUT2D eigenvalue weighted by Crippen LogP contribution is 2.55. The van der Waals surface area contributed by atoms with Crippen molar-refractivity contribution in [1.82, 2.24) is 24.8 Å². The lowest BCUT2D eigenvalue weighted by atomic mass is 10.0. The normalized spacial score (nSPS) is 27.7. The lowest BCUT2D eigenvalue weighted by Gasteiger charge is -2.25. The van der Waals surface area contributed by atoms with Crippen LogP contribution in [-0.2, 0) is 4.79 Å². The van der Waals surface area contributed by atoms with Gasteiger partial charge in [0, 0.05) is 19.3 Å².